The summed E-state index contributed by atoms with van der Waals surface area (Å²) < 4.78 is 26.8. The van der Waals surface area contributed by atoms with E-state index in [1.807, 2.05) is 25.1 Å². The van der Waals surface area contributed by atoms with Crippen molar-refractivity contribution >= 4 is 21.9 Å². The molecule has 0 aliphatic carbocycles. The van der Waals surface area contributed by atoms with Crippen molar-refractivity contribution in [3.63, 3.8) is 0 Å². The first kappa shape index (κ1) is 21.4. The van der Waals surface area contributed by atoms with Crippen LogP contribution >= 0.6 is 15.9 Å². The lowest BCUT2D eigenvalue weighted by atomic mass is 10.0. The Labute approximate surface area is 168 Å². The van der Waals surface area contributed by atoms with E-state index in [2.05, 4.69) is 22.9 Å². The summed E-state index contributed by atoms with van der Waals surface area (Å²) in [6.45, 7) is 4.45. The van der Waals surface area contributed by atoms with E-state index in [0.29, 0.717) is 34.7 Å². The number of hydrogen-bond donors (Lipinski definition) is 0. The highest BCUT2D eigenvalue weighted by Gasteiger charge is 2.27. The summed E-state index contributed by atoms with van der Waals surface area (Å²) in [7, 11) is 3.72. The van der Waals surface area contributed by atoms with Gasteiger partial charge in [-0.15, -0.1) is 0 Å². The Morgan fingerprint density at radius 3 is 2.48 bits per heavy atom. The van der Waals surface area contributed by atoms with Gasteiger partial charge in [-0.25, -0.2) is 9.18 Å². The number of hydrogen-bond acceptors (Lipinski definition) is 4. The number of halogens is 2. The number of unbranched alkanes of at least 4 members (excludes halogenated alkanes) is 1. The van der Waals surface area contributed by atoms with Gasteiger partial charge >= 0.3 is 5.97 Å². The summed E-state index contributed by atoms with van der Waals surface area (Å²) in [5.41, 5.74) is 0.796. The highest BCUT2D eigenvalue weighted by Crippen LogP contribution is 2.38. The second-order valence-electron chi connectivity index (χ2n) is 6.58. The number of carbonyl (C=O) groups is 1. The van der Waals surface area contributed by atoms with Crippen LogP contribution < -0.4 is 9.47 Å². The molecule has 0 aromatic heterocycles. The molecule has 0 saturated heterocycles. The van der Waals surface area contributed by atoms with E-state index in [0.717, 1.165) is 12.8 Å². The van der Waals surface area contributed by atoms with Crippen LogP contribution in [0.1, 0.15) is 41.3 Å². The molecule has 6 heteroatoms. The molecule has 0 aliphatic heterocycles. The van der Waals surface area contributed by atoms with Crippen LogP contribution in [0.3, 0.4) is 0 Å². The Kier molecular flexibility index (Phi) is 7.80. The number of carbonyl (C=O) groups excluding carboxylic acids is 1. The first-order chi connectivity index (χ1) is 12.9. The fourth-order valence-electron chi connectivity index (χ4n) is 2.65. The molecule has 27 heavy (non-hydrogen) atoms. The molecule has 0 bridgehead atoms. The predicted molar refractivity (Wildman–Crippen MR) is 108 cm³/mol. The average Bonchev–Trinajstić information content (AvgIpc) is 2.63. The van der Waals surface area contributed by atoms with Crippen molar-refractivity contribution in [3.8, 4) is 11.5 Å². The number of benzene rings is 2. The van der Waals surface area contributed by atoms with Crippen LogP contribution in [0.4, 0.5) is 4.39 Å². The van der Waals surface area contributed by atoms with Crippen molar-refractivity contribution in [1.29, 1.82) is 0 Å². The molecule has 0 spiro atoms. The van der Waals surface area contributed by atoms with Crippen molar-refractivity contribution in [2.45, 2.75) is 33.2 Å². The van der Waals surface area contributed by atoms with Crippen LogP contribution in [0.25, 0.3) is 0 Å². The fourth-order valence-corrected chi connectivity index (χ4v) is 3.26. The Balaban J connectivity index is 2.51. The highest BCUT2D eigenvalue weighted by molar-refractivity contribution is 9.10. The van der Waals surface area contributed by atoms with Gasteiger partial charge in [-0.2, -0.15) is 0 Å². The molecule has 0 N–H and O–H groups in total. The van der Waals surface area contributed by atoms with Gasteiger partial charge in [-0.3, -0.25) is 0 Å². The van der Waals surface area contributed by atoms with Gasteiger partial charge in [0.15, 0.2) is 0 Å². The summed E-state index contributed by atoms with van der Waals surface area (Å²) in [6, 6.07) is 8.72. The van der Waals surface area contributed by atoms with Crippen molar-refractivity contribution in [1.82, 2.24) is 4.90 Å². The molecule has 2 rings (SSSR count). The van der Waals surface area contributed by atoms with E-state index in [-0.39, 0.29) is 11.1 Å². The Morgan fingerprint density at radius 1 is 1.22 bits per heavy atom. The molecule has 0 saturated carbocycles. The zero-order valence-electron chi connectivity index (χ0n) is 16.1. The largest absolute Gasteiger partial charge is 0.491 e. The molecule has 0 aliphatic rings. The smallest absolute Gasteiger partial charge is 0.347 e. The Bertz CT molecular complexity index is 794. The second kappa shape index (κ2) is 9.85. The standard InChI is InChI=1S/C21H25BrFNO3/c1-5-6-12-26-20-17(21(25)27-15-10-8-7-9-11-15)14(2)19(23)16(18(20)22)13-24(3)4/h7-11H,5-6,12-13H2,1-4H3. The van der Waals surface area contributed by atoms with Gasteiger partial charge in [0.25, 0.3) is 0 Å². The molecule has 0 fully saturated rings. The molecule has 0 atom stereocenters. The van der Waals surface area contributed by atoms with E-state index >= 15 is 4.39 Å². The van der Waals surface area contributed by atoms with Crippen LogP contribution in [-0.2, 0) is 6.54 Å². The van der Waals surface area contributed by atoms with Crippen molar-refractivity contribution < 1.29 is 18.7 Å². The number of ether oxygens (including phenoxy) is 2. The monoisotopic (exact) mass is 437 g/mol. The summed E-state index contributed by atoms with van der Waals surface area (Å²) >= 11 is 3.45. The predicted octanol–water partition coefficient (Wildman–Crippen LogP) is 5.36. The number of para-hydroxylation sites is 1. The van der Waals surface area contributed by atoms with Crippen molar-refractivity contribution in [2.75, 3.05) is 20.7 Å². The van der Waals surface area contributed by atoms with Gasteiger partial charge in [0, 0.05) is 17.7 Å². The lowest BCUT2D eigenvalue weighted by Gasteiger charge is -2.20. The van der Waals surface area contributed by atoms with Crippen LogP contribution in [0.5, 0.6) is 11.5 Å². The van der Waals surface area contributed by atoms with Crippen LogP contribution in [0, 0.1) is 12.7 Å². The van der Waals surface area contributed by atoms with Gasteiger partial charge in [0.2, 0.25) is 0 Å². The van der Waals surface area contributed by atoms with E-state index in [1.165, 1.54) is 0 Å². The minimum Gasteiger partial charge on any atom is -0.491 e. The maximum atomic E-state index is 15.0. The molecular weight excluding hydrogens is 413 g/mol. The second-order valence-corrected chi connectivity index (χ2v) is 7.37. The highest BCUT2D eigenvalue weighted by atomic mass is 79.9. The zero-order chi connectivity index (χ0) is 20.0. The third-order valence-corrected chi connectivity index (χ3v) is 4.88. The molecule has 0 unspecified atom stereocenters. The zero-order valence-corrected chi connectivity index (χ0v) is 17.7. The Hall–Kier alpha value is -1.92. The minimum absolute atomic E-state index is 0.113. The van der Waals surface area contributed by atoms with Gasteiger partial charge < -0.3 is 14.4 Å². The molecule has 0 heterocycles. The maximum Gasteiger partial charge on any atom is 0.347 e. The lowest BCUT2D eigenvalue weighted by molar-refractivity contribution is 0.0728. The molecule has 0 radical (unpaired) electrons. The molecule has 2 aromatic carbocycles. The van der Waals surface area contributed by atoms with Gasteiger partial charge in [-0.1, -0.05) is 31.5 Å². The number of rotatable bonds is 8. The minimum atomic E-state index is -0.638. The van der Waals surface area contributed by atoms with Gasteiger partial charge in [-0.05, 0) is 55.5 Å². The number of nitrogens with zero attached hydrogens (tertiary/aromatic N) is 1. The summed E-state index contributed by atoms with van der Waals surface area (Å²) in [4.78, 5) is 14.7. The third kappa shape index (κ3) is 5.30. The van der Waals surface area contributed by atoms with Crippen LogP contribution in [-0.4, -0.2) is 31.6 Å². The molecular formula is C21H25BrFNO3. The van der Waals surface area contributed by atoms with E-state index in [4.69, 9.17) is 9.47 Å². The first-order valence-corrected chi connectivity index (χ1v) is 9.71. The first-order valence-electron chi connectivity index (χ1n) is 8.92. The lowest BCUT2D eigenvalue weighted by Crippen LogP contribution is -2.19. The topological polar surface area (TPSA) is 38.8 Å². The molecule has 2 aromatic rings. The van der Waals surface area contributed by atoms with E-state index < -0.39 is 11.8 Å². The van der Waals surface area contributed by atoms with Crippen molar-refractivity contribution in [2.24, 2.45) is 0 Å². The Morgan fingerprint density at radius 2 is 1.89 bits per heavy atom. The number of esters is 1. The fraction of sp³-hybridized carbons (Fsp3) is 0.381. The van der Waals surface area contributed by atoms with E-state index in [1.54, 1.807) is 31.2 Å². The third-order valence-electron chi connectivity index (χ3n) is 4.04. The summed E-state index contributed by atoms with van der Waals surface area (Å²) in [5, 5.41) is 0. The molecule has 146 valence electrons. The molecule has 4 nitrogen and oxygen atoms in total. The van der Waals surface area contributed by atoms with Gasteiger partial charge in [0.1, 0.15) is 22.9 Å². The molecule has 0 amide bonds. The quantitative estimate of drug-likeness (QED) is 0.316. The van der Waals surface area contributed by atoms with Crippen molar-refractivity contribution in [3.05, 3.63) is 57.3 Å². The average molecular weight is 438 g/mol. The van der Waals surface area contributed by atoms with Gasteiger partial charge in [0.05, 0.1) is 11.1 Å². The maximum absolute atomic E-state index is 15.0. The van der Waals surface area contributed by atoms with E-state index in [9.17, 15) is 4.79 Å². The SMILES string of the molecule is CCCCOc1c(Br)c(CN(C)C)c(F)c(C)c1C(=O)Oc1ccccc1. The van der Waals surface area contributed by atoms with Crippen LogP contribution in [0.15, 0.2) is 34.8 Å². The van der Waals surface area contributed by atoms with Crippen LogP contribution in [0.2, 0.25) is 0 Å². The normalized spacial score (nSPS) is 10.9. The summed E-state index contributed by atoms with van der Waals surface area (Å²) in [6.07, 6.45) is 1.78. The summed E-state index contributed by atoms with van der Waals surface area (Å²) in [5.74, 6) is -0.338.